The van der Waals surface area contributed by atoms with Crippen LogP contribution in [0.1, 0.15) is 33.6 Å². The lowest BCUT2D eigenvalue weighted by Crippen LogP contribution is -2.24. The highest BCUT2D eigenvalue weighted by Crippen LogP contribution is 2.15. The van der Waals surface area contributed by atoms with Crippen LogP contribution in [0, 0.1) is 0 Å². The van der Waals surface area contributed by atoms with Crippen LogP contribution in [0.2, 0.25) is 5.28 Å². The van der Waals surface area contributed by atoms with Gasteiger partial charge in [-0.15, -0.1) is 0 Å². The Hall–Kier alpha value is -1.10. The molecule has 0 bridgehead atoms. The molecule has 1 aromatic rings. The van der Waals surface area contributed by atoms with E-state index in [9.17, 15) is 0 Å². The largest absolute Gasteiger partial charge is 0.463 e. The van der Waals surface area contributed by atoms with Crippen LogP contribution in [0.4, 0.5) is 5.95 Å². The van der Waals surface area contributed by atoms with Gasteiger partial charge in [-0.2, -0.15) is 15.0 Å². The number of aromatic nitrogens is 3. The van der Waals surface area contributed by atoms with E-state index in [4.69, 9.17) is 16.3 Å². The van der Waals surface area contributed by atoms with E-state index < -0.39 is 0 Å². The van der Waals surface area contributed by atoms with Gasteiger partial charge in [0.2, 0.25) is 11.2 Å². The van der Waals surface area contributed by atoms with E-state index in [1.807, 2.05) is 18.7 Å². The lowest BCUT2D eigenvalue weighted by Gasteiger charge is -2.18. The van der Waals surface area contributed by atoms with Crippen LogP contribution in [-0.2, 0) is 0 Å². The summed E-state index contributed by atoms with van der Waals surface area (Å²) in [5, 5.41) is 0.174. The number of nitrogens with zero attached hydrogens (tertiary/aromatic N) is 4. The Morgan fingerprint density at radius 3 is 2.41 bits per heavy atom. The Bertz CT molecular complexity index is 344. The Labute approximate surface area is 107 Å². The summed E-state index contributed by atoms with van der Waals surface area (Å²) in [6, 6.07) is 0.306. The lowest BCUT2D eigenvalue weighted by molar-refractivity contribution is 0.284. The molecule has 0 aliphatic rings. The number of halogens is 1. The summed E-state index contributed by atoms with van der Waals surface area (Å²) in [5.74, 6) is 0.571. The first-order valence-electron chi connectivity index (χ1n) is 6.00. The number of hydrogen-bond donors (Lipinski definition) is 0. The second-order valence-corrected chi connectivity index (χ2v) is 3.90. The Balaban J connectivity index is 2.78. The molecule has 0 aromatic carbocycles. The normalized spacial score (nSPS) is 10.4. The molecule has 0 unspecified atom stereocenters. The summed E-state index contributed by atoms with van der Waals surface area (Å²) in [6.07, 6.45) is 2.05. The molecule has 5 nitrogen and oxygen atoms in total. The van der Waals surface area contributed by atoms with Crippen molar-refractivity contribution in [1.82, 2.24) is 15.0 Å². The smallest absolute Gasteiger partial charge is 0.322 e. The summed E-state index contributed by atoms with van der Waals surface area (Å²) < 4.78 is 5.43. The fourth-order valence-corrected chi connectivity index (χ4v) is 1.49. The minimum Gasteiger partial charge on any atom is -0.463 e. The van der Waals surface area contributed by atoms with Crippen molar-refractivity contribution in [2.45, 2.75) is 33.6 Å². The summed E-state index contributed by atoms with van der Waals surface area (Å²) in [7, 11) is 0. The van der Waals surface area contributed by atoms with Crippen molar-refractivity contribution >= 4 is 17.5 Å². The summed E-state index contributed by atoms with van der Waals surface area (Å²) in [4.78, 5) is 14.3. The number of anilines is 1. The second-order valence-electron chi connectivity index (χ2n) is 3.56. The Kier molecular flexibility index (Phi) is 5.97. The molecule has 0 saturated carbocycles. The van der Waals surface area contributed by atoms with Gasteiger partial charge in [0.15, 0.2) is 0 Å². The summed E-state index contributed by atoms with van der Waals surface area (Å²) in [5.41, 5.74) is 0. The molecule has 0 saturated heterocycles. The molecule has 0 radical (unpaired) electrons. The van der Waals surface area contributed by atoms with Gasteiger partial charge in [-0.25, -0.2) is 0 Å². The van der Waals surface area contributed by atoms with Gasteiger partial charge < -0.3 is 9.64 Å². The maximum Gasteiger partial charge on any atom is 0.322 e. The zero-order valence-electron chi connectivity index (χ0n) is 10.6. The molecule has 6 heteroatoms. The number of unbranched alkanes of at least 4 members (excludes halogenated alkanes) is 1. The van der Waals surface area contributed by atoms with Crippen molar-refractivity contribution in [2.24, 2.45) is 0 Å². The van der Waals surface area contributed by atoms with Gasteiger partial charge in [-0.05, 0) is 31.9 Å². The molecule has 96 valence electrons. The van der Waals surface area contributed by atoms with Gasteiger partial charge in [0.05, 0.1) is 6.61 Å². The molecule has 0 atom stereocenters. The lowest BCUT2D eigenvalue weighted by atomic mass is 10.4. The van der Waals surface area contributed by atoms with Crippen molar-refractivity contribution in [1.29, 1.82) is 0 Å². The SMILES string of the molecule is CCCCOc1nc(Cl)nc(N(CC)CC)n1. The first-order valence-corrected chi connectivity index (χ1v) is 6.38. The minimum absolute atomic E-state index is 0.174. The van der Waals surface area contributed by atoms with Crippen LogP contribution in [-0.4, -0.2) is 34.6 Å². The third-order valence-electron chi connectivity index (χ3n) is 2.35. The third-order valence-corrected chi connectivity index (χ3v) is 2.52. The first-order chi connectivity index (χ1) is 8.21. The molecule has 0 spiro atoms. The van der Waals surface area contributed by atoms with Crippen LogP contribution in [0.25, 0.3) is 0 Å². The summed E-state index contributed by atoms with van der Waals surface area (Å²) >= 11 is 5.85. The molecule has 0 amide bonds. The molecule has 0 aliphatic carbocycles. The predicted molar refractivity (Wildman–Crippen MR) is 68.8 cm³/mol. The van der Waals surface area contributed by atoms with Crippen LogP contribution in [0.15, 0.2) is 0 Å². The molecular formula is C11H19ClN4O. The molecule has 0 N–H and O–H groups in total. The number of hydrogen-bond acceptors (Lipinski definition) is 5. The zero-order valence-corrected chi connectivity index (χ0v) is 11.4. The van der Waals surface area contributed by atoms with Crippen LogP contribution < -0.4 is 9.64 Å². The minimum atomic E-state index is 0.174. The average molecular weight is 259 g/mol. The maximum atomic E-state index is 5.85. The van der Waals surface area contributed by atoms with Crippen LogP contribution in [0.5, 0.6) is 6.01 Å². The standard InChI is InChI=1S/C11H19ClN4O/c1-4-7-8-17-11-14-9(12)13-10(15-11)16(5-2)6-3/h4-8H2,1-3H3. The van der Waals surface area contributed by atoms with Crippen molar-refractivity contribution < 1.29 is 4.74 Å². The predicted octanol–water partition coefficient (Wildman–Crippen LogP) is 2.55. The van der Waals surface area contributed by atoms with Gasteiger partial charge in [-0.3, -0.25) is 0 Å². The van der Waals surface area contributed by atoms with E-state index in [2.05, 4.69) is 21.9 Å². The summed E-state index contributed by atoms with van der Waals surface area (Å²) in [6.45, 7) is 8.44. The van der Waals surface area contributed by atoms with Crippen molar-refractivity contribution in [2.75, 3.05) is 24.6 Å². The molecule has 1 rings (SSSR count). The van der Waals surface area contributed by atoms with E-state index in [0.717, 1.165) is 25.9 Å². The third kappa shape index (κ3) is 4.34. The highest BCUT2D eigenvalue weighted by atomic mass is 35.5. The van der Waals surface area contributed by atoms with E-state index in [1.165, 1.54) is 0 Å². The number of rotatable bonds is 7. The highest BCUT2D eigenvalue weighted by molar-refractivity contribution is 6.28. The van der Waals surface area contributed by atoms with Gasteiger partial charge in [0.25, 0.3) is 0 Å². The van der Waals surface area contributed by atoms with Gasteiger partial charge in [0.1, 0.15) is 0 Å². The Morgan fingerprint density at radius 1 is 1.12 bits per heavy atom. The fraction of sp³-hybridized carbons (Fsp3) is 0.727. The molecule has 0 fully saturated rings. The quantitative estimate of drug-likeness (QED) is 0.704. The van der Waals surface area contributed by atoms with Crippen molar-refractivity contribution in [3.05, 3.63) is 5.28 Å². The molecule has 1 aromatic heterocycles. The van der Waals surface area contributed by atoms with E-state index in [0.29, 0.717) is 18.6 Å². The van der Waals surface area contributed by atoms with Crippen molar-refractivity contribution in [3.63, 3.8) is 0 Å². The van der Waals surface area contributed by atoms with Gasteiger partial charge in [-0.1, -0.05) is 13.3 Å². The molecule has 17 heavy (non-hydrogen) atoms. The van der Waals surface area contributed by atoms with E-state index >= 15 is 0 Å². The number of ether oxygens (including phenoxy) is 1. The average Bonchev–Trinajstić information content (AvgIpc) is 2.30. The second kappa shape index (κ2) is 7.27. The van der Waals surface area contributed by atoms with E-state index in [1.54, 1.807) is 0 Å². The first kappa shape index (κ1) is 14.0. The topological polar surface area (TPSA) is 51.1 Å². The van der Waals surface area contributed by atoms with Crippen LogP contribution in [0.3, 0.4) is 0 Å². The molecular weight excluding hydrogens is 240 g/mol. The zero-order chi connectivity index (χ0) is 12.7. The van der Waals surface area contributed by atoms with Gasteiger partial charge in [0, 0.05) is 13.1 Å². The molecule has 1 heterocycles. The van der Waals surface area contributed by atoms with Gasteiger partial charge >= 0.3 is 6.01 Å². The van der Waals surface area contributed by atoms with Crippen molar-refractivity contribution in [3.8, 4) is 6.01 Å². The van der Waals surface area contributed by atoms with Crippen LogP contribution >= 0.6 is 11.6 Å². The fourth-order valence-electron chi connectivity index (χ4n) is 1.34. The monoisotopic (exact) mass is 258 g/mol. The van der Waals surface area contributed by atoms with E-state index in [-0.39, 0.29) is 5.28 Å². The molecule has 0 aliphatic heterocycles. The maximum absolute atomic E-state index is 5.85. The highest BCUT2D eigenvalue weighted by Gasteiger charge is 2.10. The Morgan fingerprint density at radius 2 is 1.82 bits per heavy atom.